The molecule has 1 rings (SSSR count). The third-order valence-corrected chi connectivity index (χ3v) is 2.65. The predicted molar refractivity (Wildman–Crippen MR) is 66.1 cm³/mol. The molecule has 82 valence electrons. The molecule has 0 aliphatic carbocycles. The molecule has 0 N–H and O–H groups in total. The molecule has 1 unspecified atom stereocenters. The molecule has 15 heavy (non-hydrogen) atoms. The number of hydrogen-bond acceptors (Lipinski definition) is 1. The monoisotopic (exact) mass is 204 g/mol. The maximum absolute atomic E-state index is 5.71. The molecule has 1 aromatic rings. The molecule has 0 aromatic heterocycles. The second-order valence-electron chi connectivity index (χ2n) is 3.83. The minimum atomic E-state index is 0.290. The molecule has 0 amide bonds. The molecule has 0 bridgehead atoms. The van der Waals surface area contributed by atoms with E-state index in [1.54, 1.807) is 0 Å². The summed E-state index contributed by atoms with van der Waals surface area (Å²) in [6.07, 6.45) is 3.44. The Labute approximate surface area is 92.8 Å². The SMILES string of the molecule is CC=C(C)c1ccc(OC(C)CC)cc1. The zero-order valence-electron chi connectivity index (χ0n) is 10.1. The van der Waals surface area contributed by atoms with Crippen LogP contribution in [0.2, 0.25) is 0 Å². The predicted octanol–water partition coefficient (Wildman–Crippen LogP) is 4.29. The number of allylic oxidation sites excluding steroid dienone is 2. The first-order chi connectivity index (χ1) is 7.17. The third-order valence-electron chi connectivity index (χ3n) is 2.65. The Bertz CT molecular complexity index is 322. The van der Waals surface area contributed by atoms with Crippen molar-refractivity contribution in [2.45, 2.75) is 40.2 Å². The zero-order valence-corrected chi connectivity index (χ0v) is 10.1. The molecule has 0 radical (unpaired) electrons. The Kier molecular flexibility index (Phi) is 4.41. The van der Waals surface area contributed by atoms with Gasteiger partial charge in [-0.2, -0.15) is 0 Å². The van der Waals surface area contributed by atoms with E-state index in [0.717, 1.165) is 12.2 Å². The van der Waals surface area contributed by atoms with Gasteiger partial charge in [0, 0.05) is 0 Å². The van der Waals surface area contributed by atoms with Crippen LogP contribution < -0.4 is 4.74 Å². The van der Waals surface area contributed by atoms with Crippen molar-refractivity contribution in [3.8, 4) is 5.75 Å². The van der Waals surface area contributed by atoms with Crippen molar-refractivity contribution in [3.63, 3.8) is 0 Å². The quantitative estimate of drug-likeness (QED) is 0.711. The summed E-state index contributed by atoms with van der Waals surface area (Å²) in [5.74, 6) is 0.956. The first-order valence-electron chi connectivity index (χ1n) is 5.57. The molecule has 0 aliphatic heterocycles. The smallest absolute Gasteiger partial charge is 0.119 e. The van der Waals surface area contributed by atoms with E-state index in [9.17, 15) is 0 Å². The second-order valence-corrected chi connectivity index (χ2v) is 3.83. The minimum Gasteiger partial charge on any atom is -0.491 e. The number of hydrogen-bond donors (Lipinski definition) is 0. The van der Waals surface area contributed by atoms with Gasteiger partial charge in [-0.05, 0) is 50.5 Å². The Morgan fingerprint density at radius 2 is 1.93 bits per heavy atom. The number of rotatable bonds is 4. The fourth-order valence-corrected chi connectivity index (χ4v) is 1.28. The standard InChI is InChI=1S/C14H20O/c1-5-11(3)13-7-9-14(10-8-13)15-12(4)6-2/h5,7-10,12H,6H2,1-4H3. The highest BCUT2D eigenvalue weighted by Crippen LogP contribution is 2.19. The number of benzene rings is 1. The van der Waals surface area contributed by atoms with Crippen LogP contribution in [0, 0.1) is 0 Å². The second kappa shape index (κ2) is 5.59. The van der Waals surface area contributed by atoms with Gasteiger partial charge in [0.1, 0.15) is 5.75 Å². The Hall–Kier alpha value is -1.24. The fourth-order valence-electron chi connectivity index (χ4n) is 1.28. The Morgan fingerprint density at radius 1 is 1.33 bits per heavy atom. The molecule has 1 aromatic carbocycles. The first-order valence-corrected chi connectivity index (χ1v) is 5.57. The molecule has 0 saturated heterocycles. The lowest BCUT2D eigenvalue weighted by Crippen LogP contribution is -2.09. The van der Waals surface area contributed by atoms with E-state index in [2.05, 4.69) is 45.9 Å². The lowest BCUT2D eigenvalue weighted by molar-refractivity contribution is 0.217. The van der Waals surface area contributed by atoms with Gasteiger partial charge in [-0.25, -0.2) is 0 Å². The van der Waals surface area contributed by atoms with Crippen molar-refractivity contribution < 1.29 is 4.74 Å². The minimum absolute atomic E-state index is 0.290. The van der Waals surface area contributed by atoms with Gasteiger partial charge in [-0.3, -0.25) is 0 Å². The van der Waals surface area contributed by atoms with Crippen molar-refractivity contribution >= 4 is 5.57 Å². The summed E-state index contributed by atoms with van der Waals surface area (Å²) in [5, 5.41) is 0. The summed E-state index contributed by atoms with van der Waals surface area (Å²) in [4.78, 5) is 0. The van der Waals surface area contributed by atoms with Crippen LogP contribution in [0.15, 0.2) is 30.3 Å². The lowest BCUT2D eigenvalue weighted by Gasteiger charge is -2.12. The van der Waals surface area contributed by atoms with Gasteiger partial charge >= 0.3 is 0 Å². The van der Waals surface area contributed by atoms with Crippen molar-refractivity contribution in [2.75, 3.05) is 0 Å². The number of ether oxygens (including phenoxy) is 1. The van der Waals surface area contributed by atoms with Crippen LogP contribution in [-0.4, -0.2) is 6.10 Å². The van der Waals surface area contributed by atoms with Gasteiger partial charge in [0.15, 0.2) is 0 Å². The van der Waals surface area contributed by atoms with Gasteiger partial charge in [0.25, 0.3) is 0 Å². The average Bonchev–Trinajstić information content (AvgIpc) is 2.29. The van der Waals surface area contributed by atoms with E-state index in [4.69, 9.17) is 4.74 Å². The van der Waals surface area contributed by atoms with E-state index in [1.807, 2.05) is 12.1 Å². The molecule has 1 nitrogen and oxygen atoms in total. The molecule has 0 spiro atoms. The van der Waals surface area contributed by atoms with Crippen molar-refractivity contribution in [1.82, 2.24) is 0 Å². The molecular formula is C14H20O. The summed E-state index contributed by atoms with van der Waals surface area (Å²) < 4.78 is 5.71. The molecule has 0 saturated carbocycles. The van der Waals surface area contributed by atoms with Crippen LogP contribution in [0.25, 0.3) is 5.57 Å². The maximum atomic E-state index is 5.71. The van der Waals surface area contributed by atoms with Crippen LogP contribution in [0.1, 0.15) is 39.7 Å². The molecule has 0 aliphatic rings. The van der Waals surface area contributed by atoms with Crippen molar-refractivity contribution in [3.05, 3.63) is 35.9 Å². The molecule has 0 heterocycles. The van der Waals surface area contributed by atoms with E-state index >= 15 is 0 Å². The largest absolute Gasteiger partial charge is 0.491 e. The lowest BCUT2D eigenvalue weighted by atomic mass is 10.1. The van der Waals surface area contributed by atoms with Gasteiger partial charge < -0.3 is 4.74 Å². The fraction of sp³-hybridized carbons (Fsp3) is 0.429. The van der Waals surface area contributed by atoms with Crippen LogP contribution in [0.5, 0.6) is 5.75 Å². The molecule has 1 heteroatoms. The van der Waals surface area contributed by atoms with E-state index in [0.29, 0.717) is 6.10 Å². The van der Waals surface area contributed by atoms with E-state index in [-0.39, 0.29) is 0 Å². The summed E-state index contributed by atoms with van der Waals surface area (Å²) in [7, 11) is 0. The summed E-state index contributed by atoms with van der Waals surface area (Å²) in [5.41, 5.74) is 2.55. The summed E-state index contributed by atoms with van der Waals surface area (Å²) in [6, 6.07) is 8.28. The third kappa shape index (κ3) is 3.43. The highest BCUT2D eigenvalue weighted by molar-refractivity contribution is 5.63. The molecule has 1 atom stereocenters. The van der Waals surface area contributed by atoms with Gasteiger partial charge in [-0.1, -0.05) is 25.1 Å². The van der Waals surface area contributed by atoms with Crippen LogP contribution in [-0.2, 0) is 0 Å². The van der Waals surface area contributed by atoms with Crippen LogP contribution in [0.3, 0.4) is 0 Å². The van der Waals surface area contributed by atoms with E-state index in [1.165, 1.54) is 11.1 Å². The maximum Gasteiger partial charge on any atom is 0.119 e. The van der Waals surface area contributed by atoms with Crippen LogP contribution >= 0.6 is 0 Å². The van der Waals surface area contributed by atoms with Gasteiger partial charge in [-0.15, -0.1) is 0 Å². The summed E-state index contributed by atoms with van der Waals surface area (Å²) >= 11 is 0. The normalized spacial score (nSPS) is 13.7. The van der Waals surface area contributed by atoms with Crippen molar-refractivity contribution in [2.24, 2.45) is 0 Å². The summed E-state index contributed by atoms with van der Waals surface area (Å²) in [6.45, 7) is 8.39. The van der Waals surface area contributed by atoms with Gasteiger partial charge in [0.05, 0.1) is 6.10 Å². The topological polar surface area (TPSA) is 9.23 Å². The zero-order chi connectivity index (χ0) is 11.3. The molecular weight excluding hydrogens is 184 g/mol. The van der Waals surface area contributed by atoms with Crippen LogP contribution in [0.4, 0.5) is 0 Å². The first kappa shape index (κ1) is 11.8. The Balaban J connectivity index is 2.72. The average molecular weight is 204 g/mol. The highest BCUT2D eigenvalue weighted by Gasteiger charge is 2.01. The van der Waals surface area contributed by atoms with E-state index < -0.39 is 0 Å². The Morgan fingerprint density at radius 3 is 2.40 bits per heavy atom. The van der Waals surface area contributed by atoms with Crippen molar-refractivity contribution in [1.29, 1.82) is 0 Å². The van der Waals surface area contributed by atoms with Gasteiger partial charge in [0.2, 0.25) is 0 Å². The highest BCUT2D eigenvalue weighted by atomic mass is 16.5. The molecule has 0 fully saturated rings.